The Labute approximate surface area is 148 Å². The Hall–Kier alpha value is -2.30. The second-order valence-electron chi connectivity index (χ2n) is 6.82. The van der Waals surface area contributed by atoms with Crippen LogP contribution in [-0.2, 0) is 17.6 Å². The number of nitrogens with zero attached hydrogens (tertiary/aromatic N) is 2. The van der Waals surface area contributed by atoms with Crippen molar-refractivity contribution < 1.29 is 14.1 Å². The first-order valence-electron chi connectivity index (χ1n) is 8.90. The number of ether oxygens (including phenoxy) is 1. The van der Waals surface area contributed by atoms with Crippen LogP contribution >= 0.6 is 0 Å². The van der Waals surface area contributed by atoms with Gasteiger partial charge in [0.05, 0.1) is 19.2 Å². The zero-order valence-corrected chi connectivity index (χ0v) is 15.2. The van der Waals surface area contributed by atoms with Crippen molar-refractivity contribution in [1.29, 1.82) is 0 Å². The van der Waals surface area contributed by atoms with Crippen molar-refractivity contribution in [3.8, 4) is 5.75 Å². The lowest BCUT2D eigenvalue weighted by molar-refractivity contribution is -0.131. The van der Waals surface area contributed by atoms with Crippen LogP contribution in [0.5, 0.6) is 5.75 Å². The Morgan fingerprint density at radius 3 is 2.64 bits per heavy atom. The maximum absolute atomic E-state index is 12.6. The van der Waals surface area contributed by atoms with Gasteiger partial charge in [-0.05, 0) is 50.7 Å². The highest BCUT2D eigenvalue weighted by Crippen LogP contribution is 2.27. The van der Waals surface area contributed by atoms with E-state index in [1.54, 1.807) is 7.11 Å². The number of aryl methyl sites for hydroxylation is 2. The van der Waals surface area contributed by atoms with E-state index >= 15 is 0 Å². The number of rotatable bonds is 5. The Kier molecular flexibility index (Phi) is 5.41. The fraction of sp³-hybridized carbons (Fsp3) is 0.500. The molecule has 1 aromatic heterocycles. The van der Waals surface area contributed by atoms with Crippen molar-refractivity contribution in [2.45, 2.75) is 39.5 Å². The smallest absolute Gasteiger partial charge is 0.227 e. The monoisotopic (exact) mass is 342 g/mol. The number of methoxy groups -OCH3 is 1. The van der Waals surface area contributed by atoms with Gasteiger partial charge in [-0.3, -0.25) is 4.79 Å². The topological polar surface area (TPSA) is 55.6 Å². The molecule has 5 nitrogen and oxygen atoms in total. The molecule has 0 bridgehead atoms. The standard InChI is InChI=1S/C20H26N2O3/c1-14-18(15(2)25-21-14)13-20(23)22-10-8-16(9-11-22)12-17-6-4-5-7-19(17)24-3/h4-7,16H,8-13H2,1-3H3. The SMILES string of the molecule is COc1ccccc1CC1CCN(C(=O)Cc2c(C)noc2C)CC1. The van der Waals surface area contributed by atoms with Crippen LogP contribution in [0.3, 0.4) is 0 Å². The lowest BCUT2D eigenvalue weighted by Gasteiger charge is -2.32. The highest BCUT2D eigenvalue weighted by Gasteiger charge is 2.25. The Morgan fingerprint density at radius 1 is 1.28 bits per heavy atom. The summed E-state index contributed by atoms with van der Waals surface area (Å²) in [5.41, 5.74) is 3.00. The summed E-state index contributed by atoms with van der Waals surface area (Å²) in [6, 6.07) is 8.20. The fourth-order valence-corrected chi connectivity index (χ4v) is 3.59. The molecule has 0 atom stereocenters. The summed E-state index contributed by atoms with van der Waals surface area (Å²) in [5, 5.41) is 3.93. The van der Waals surface area contributed by atoms with Gasteiger partial charge < -0.3 is 14.2 Å². The summed E-state index contributed by atoms with van der Waals surface area (Å²) in [6.07, 6.45) is 3.46. The number of para-hydroxylation sites is 1. The van der Waals surface area contributed by atoms with Crippen molar-refractivity contribution in [3.63, 3.8) is 0 Å². The Balaban J connectivity index is 1.54. The molecule has 5 heteroatoms. The van der Waals surface area contributed by atoms with E-state index in [0.29, 0.717) is 12.3 Å². The molecule has 2 heterocycles. The Morgan fingerprint density at radius 2 is 2.00 bits per heavy atom. The number of carbonyl (C=O) groups excluding carboxylic acids is 1. The molecule has 0 unspecified atom stereocenters. The molecule has 3 rings (SSSR count). The molecule has 25 heavy (non-hydrogen) atoms. The predicted molar refractivity (Wildman–Crippen MR) is 95.7 cm³/mol. The van der Waals surface area contributed by atoms with Gasteiger partial charge in [0.1, 0.15) is 11.5 Å². The van der Waals surface area contributed by atoms with Crippen LogP contribution in [0.4, 0.5) is 0 Å². The first kappa shape index (κ1) is 17.5. The van der Waals surface area contributed by atoms with E-state index in [9.17, 15) is 4.79 Å². The number of hydrogen-bond donors (Lipinski definition) is 0. The van der Waals surface area contributed by atoms with Crippen molar-refractivity contribution in [1.82, 2.24) is 10.1 Å². The second-order valence-corrected chi connectivity index (χ2v) is 6.82. The lowest BCUT2D eigenvalue weighted by atomic mass is 9.89. The van der Waals surface area contributed by atoms with Crippen LogP contribution in [0.15, 0.2) is 28.8 Å². The fourth-order valence-electron chi connectivity index (χ4n) is 3.59. The number of likely N-dealkylation sites (tertiary alicyclic amines) is 1. The average Bonchev–Trinajstić information content (AvgIpc) is 2.94. The molecule has 0 radical (unpaired) electrons. The zero-order chi connectivity index (χ0) is 17.8. The zero-order valence-electron chi connectivity index (χ0n) is 15.2. The van der Waals surface area contributed by atoms with E-state index in [0.717, 1.165) is 55.1 Å². The van der Waals surface area contributed by atoms with Gasteiger partial charge in [0, 0.05) is 18.7 Å². The summed E-state index contributed by atoms with van der Waals surface area (Å²) in [5.74, 6) is 2.47. The second kappa shape index (κ2) is 7.72. The van der Waals surface area contributed by atoms with Crippen LogP contribution in [0.2, 0.25) is 0 Å². The van der Waals surface area contributed by atoms with Gasteiger partial charge in [0.2, 0.25) is 5.91 Å². The lowest BCUT2D eigenvalue weighted by Crippen LogP contribution is -2.39. The summed E-state index contributed by atoms with van der Waals surface area (Å²) in [4.78, 5) is 14.5. The molecular weight excluding hydrogens is 316 g/mol. The van der Waals surface area contributed by atoms with Crippen LogP contribution < -0.4 is 4.74 Å². The van der Waals surface area contributed by atoms with E-state index in [2.05, 4.69) is 17.3 Å². The van der Waals surface area contributed by atoms with Gasteiger partial charge in [-0.2, -0.15) is 0 Å². The van der Waals surface area contributed by atoms with Crippen LogP contribution in [-0.4, -0.2) is 36.2 Å². The van der Waals surface area contributed by atoms with Crippen LogP contribution in [0, 0.1) is 19.8 Å². The number of carbonyl (C=O) groups is 1. The summed E-state index contributed by atoms with van der Waals surface area (Å²) in [6.45, 7) is 5.39. The van der Waals surface area contributed by atoms with Crippen molar-refractivity contribution in [2.24, 2.45) is 5.92 Å². The normalized spacial score (nSPS) is 15.4. The van der Waals surface area contributed by atoms with E-state index in [1.807, 2.05) is 30.9 Å². The maximum atomic E-state index is 12.6. The minimum absolute atomic E-state index is 0.171. The molecular formula is C20H26N2O3. The minimum atomic E-state index is 0.171. The first-order valence-corrected chi connectivity index (χ1v) is 8.90. The van der Waals surface area contributed by atoms with Crippen molar-refractivity contribution >= 4 is 5.91 Å². The van der Waals surface area contributed by atoms with Gasteiger partial charge in [0.15, 0.2) is 0 Å². The van der Waals surface area contributed by atoms with Gasteiger partial charge in [-0.15, -0.1) is 0 Å². The average molecular weight is 342 g/mol. The third kappa shape index (κ3) is 4.03. The Bertz CT molecular complexity index is 711. The molecule has 0 spiro atoms. The van der Waals surface area contributed by atoms with Gasteiger partial charge in [-0.25, -0.2) is 0 Å². The van der Waals surface area contributed by atoms with Crippen LogP contribution in [0.25, 0.3) is 0 Å². The van der Waals surface area contributed by atoms with Gasteiger partial charge in [-0.1, -0.05) is 23.4 Å². The molecule has 1 saturated heterocycles. The minimum Gasteiger partial charge on any atom is -0.496 e. The highest BCUT2D eigenvalue weighted by molar-refractivity contribution is 5.79. The van der Waals surface area contributed by atoms with Crippen molar-refractivity contribution in [3.05, 3.63) is 46.8 Å². The van der Waals surface area contributed by atoms with Crippen molar-refractivity contribution in [2.75, 3.05) is 20.2 Å². The largest absolute Gasteiger partial charge is 0.496 e. The third-order valence-corrected chi connectivity index (χ3v) is 5.18. The number of hydrogen-bond acceptors (Lipinski definition) is 4. The van der Waals surface area contributed by atoms with Crippen LogP contribution in [0.1, 0.15) is 35.4 Å². The van der Waals surface area contributed by atoms with E-state index in [4.69, 9.17) is 9.26 Å². The molecule has 1 amide bonds. The number of amides is 1. The summed E-state index contributed by atoms with van der Waals surface area (Å²) < 4.78 is 10.6. The molecule has 1 aliphatic rings. The molecule has 0 aliphatic carbocycles. The van der Waals surface area contributed by atoms with E-state index in [1.165, 1.54) is 5.56 Å². The molecule has 0 N–H and O–H groups in total. The molecule has 1 aliphatic heterocycles. The molecule has 0 saturated carbocycles. The number of aromatic nitrogens is 1. The quantitative estimate of drug-likeness (QED) is 0.836. The summed E-state index contributed by atoms with van der Waals surface area (Å²) in [7, 11) is 1.72. The molecule has 134 valence electrons. The predicted octanol–water partition coefficient (Wildman–Crippen LogP) is 3.32. The molecule has 2 aromatic rings. The van der Waals surface area contributed by atoms with E-state index in [-0.39, 0.29) is 5.91 Å². The molecule has 1 aromatic carbocycles. The maximum Gasteiger partial charge on any atom is 0.227 e. The van der Waals surface area contributed by atoms with Gasteiger partial charge in [0.25, 0.3) is 0 Å². The molecule has 1 fully saturated rings. The van der Waals surface area contributed by atoms with Gasteiger partial charge >= 0.3 is 0 Å². The van der Waals surface area contributed by atoms with E-state index < -0.39 is 0 Å². The number of benzene rings is 1. The summed E-state index contributed by atoms with van der Waals surface area (Å²) >= 11 is 0. The number of piperidine rings is 1. The highest BCUT2D eigenvalue weighted by atomic mass is 16.5. The third-order valence-electron chi connectivity index (χ3n) is 5.18. The first-order chi connectivity index (χ1) is 12.1.